The Bertz CT molecular complexity index is 1070. The second-order valence-electron chi connectivity index (χ2n) is 5.85. The lowest BCUT2D eigenvalue weighted by molar-refractivity contribution is -0.135. The van der Waals surface area contributed by atoms with Gasteiger partial charge in [0.25, 0.3) is 0 Å². The fourth-order valence-corrected chi connectivity index (χ4v) is 3.71. The number of carbonyl (C=O) groups excluding carboxylic acids is 1. The summed E-state index contributed by atoms with van der Waals surface area (Å²) in [6, 6.07) is 10.6. The SMILES string of the molecule is Cc1sc(=O)n(CC(=O)Oc2ccc3c(c2)OCO3)c1-c1ccc(F)cc1. The molecule has 1 aliphatic heterocycles. The largest absolute Gasteiger partial charge is 0.454 e. The number of halogens is 1. The van der Waals surface area contributed by atoms with Crippen LogP contribution in [-0.2, 0) is 11.3 Å². The van der Waals surface area contributed by atoms with Crippen LogP contribution in [0, 0.1) is 12.7 Å². The van der Waals surface area contributed by atoms with Crippen molar-refractivity contribution in [1.82, 2.24) is 4.57 Å². The molecule has 0 unspecified atom stereocenters. The van der Waals surface area contributed by atoms with E-state index in [9.17, 15) is 14.0 Å². The predicted octanol–water partition coefficient (Wildman–Crippen LogP) is 3.36. The Hall–Kier alpha value is -3.13. The molecule has 0 aliphatic carbocycles. The van der Waals surface area contributed by atoms with Gasteiger partial charge in [0, 0.05) is 10.9 Å². The fourth-order valence-electron chi connectivity index (χ4n) is 2.86. The van der Waals surface area contributed by atoms with Gasteiger partial charge in [-0.15, -0.1) is 0 Å². The number of carbonyl (C=O) groups is 1. The predicted molar refractivity (Wildman–Crippen MR) is 96.9 cm³/mol. The zero-order valence-corrected chi connectivity index (χ0v) is 15.0. The third-order valence-corrected chi connectivity index (χ3v) is 4.94. The van der Waals surface area contributed by atoms with E-state index >= 15 is 0 Å². The maximum absolute atomic E-state index is 13.2. The van der Waals surface area contributed by atoms with Crippen LogP contribution in [0.5, 0.6) is 17.2 Å². The number of hydrogen-bond donors (Lipinski definition) is 0. The third kappa shape index (κ3) is 3.43. The van der Waals surface area contributed by atoms with Crippen LogP contribution in [0.15, 0.2) is 47.3 Å². The van der Waals surface area contributed by atoms with Crippen molar-refractivity contribution in [2.24, 2.45) is 0 Å². The minimum atomic E-state index is -0.600. The highest BCUT2D eigenvalue weighted by molar-refractivity contribution is 7.09. The highest BCUT2D eigenvalue weighted by atomic mass is 32.1. The van der Waals surface area contributed by atoms with Crippen LogP contribution in [0.2, 0.25) is 0 Å². The lowest BCUT2D eigenvalue weighted by Crippen LogP contribution is -2.23. The first kappa shape index (κ1) is 17.3. The number of fused-ring (bicyclic) bond motifs is 1. The van der Waals surface area contributed by atoms with Crippen molar-refractivity contribution in [2.45, 2.75) is 13.5 Å². The Labute approximate surface area is 157 Å². The van der Waals surface area contributed by atoms with Crippen LogP contribution >= 0.6 is 11.3 Å². The Morgan fingerprint density at radius 1 is 1.19 bits per heavy atom. The van der Waals surface area contributed by atoms with Gasteiger partial charge in [-0.05, 0) is 48.9 Å². The second kappa shape index (κ2) is 6.88. The molecule has 27 heavy (non-hydrogen) atoms. The molecule has 6 nitrogen and oxygen atoms in total. The molecule has 2 aromatic carbocycles. The maximum atomic E-state index is 13.2. The molecule has 8 heteroatoms. The summed E-state index contributed by atoms with van der Waals surface area (Å²) < 4.78 is 30.3. The molecule has 0 radical (unpaired) electrons. The Morgan fingerprint density at radius 2 is 1.93 bits per heavy atom. The second-order valence-corrected chi connectivity index (χ2v) is 7.02. The standard InChI is InChI=1S/C19H14FNO5S/c1-11-18(12-2-4-13(20)5-3-12)21(19(23)27-11)9-17(22)26-14-6-7-15-16(8-14)25-10-24-15/h2-8H,9-10H2,1H3. The van der Waals surface area contributed by atoms with Gasteiger partial charge in [-0.1, -0.05) is 11.3 Å². The number of hydrogen-bond acceptors (Lipinski definition) is 6. The van der Waals surface area contributed by atoms with Gasteiger partial charge in [-0.2, -0.15) is 0 Å². The Kier molecular flexibility index (Phi) is 4.41. The van der Waals surface area contributed by atoms with Crippen LogP contribution in [-0.4, -0.2) is 17.3 Å². The lowest BCUT2D eigenvalue weighted by atomic mass is 10.1. The Balaban J connectivity index is 1.58. The summed E-state index contributed by atoms with van der Waals surface area (Å²) in [5, 5.41) is 0. The molecule has 138 valence electrons. The molecule has 0 saturated carbocycles. The van der Waals surface area contributed by atoms with Crippen LogP contribution in [0.1, 0.15) is 4.88 Å². The summed E-state index contributed by atoms with van der Waals surface area (Å²) >= 11 is 1.03. The molecule has 0 fully saturated rings. The molecule has 3 aromatic rings. The van der Waals surface area contributed by atoms with E-state index in [0.717, 1.165) is 16.2 Å². The number of esters is 1. The molecule has 2 heterocycles. The van der Waals surface area contributed by atoms with E-state index in [1.165, 1.54) is 16.7 Å². The van der Waals surface area contributed by atoms with Crippen molar-refractivity contribution in [1.29, 1.82) is 0 Å². The fraction of sp³-hybridized carbons (Fsp3) is 0.158. The van der Waals surface area contributed by atoms with Crippen molar-refractivity contribution < 1.29 is 23.4 Å². The van der Waals surface area contributed by atoms with Crippen molar-refractivity contribution in [3.8, 4) is 28.5 Å². The maximum Gasteiger partial charge on any atom is 0.331 e. The van der Waals surface area contributed by atoms with Gasteiger partial charge in [-0.25, -0.2) is 9.18 Å². The number of rotatable bonds is 4. The summed E-state index contributed by atoms with van der Waals surface area (Å²) in [7, 11) is 0. The number of nitrogens with zero attached hydrogens (tertiary/aromatic N) is 1. The average Bonchev–Trinajstić information content (AvgIpc) is 3.20. The van der Waals surface area contributed by atoms with Crippen molar-refractivity contribution in [3.05, 3.63) is 62.8 Å². The highest BCUT2D eigenvalue weighted by Crippen LogP contribution is 2.35. The molecule has 4 rings (SSSR count). The van der Waals surface area contributed by atoms with Gasteiger partial charge in [-0.3, -0.25) is 9.36 Å². The van der Waals surface area contributed by atoms with Gasteiger partial charge in [0.05, 0.1) is 5.69 Å². The first-order valence-corrected chi connectivity index (χ1v) is 8.89. The molecule has 0 saturated heterocycles. The number of aryl methyl sites for hydroxylation is 1. The van der Waals surface area contributed by atoms with Crippen LogP contribution in [0.3, 0.4) is 0 Å². The third-order valence-electron chi connectivity index (χ3n) is 4.04. The van der Waals surface area contributed by atoms with Gasteiger partial charge in [0.15, 0.2) is 11.5 Å². The molecular weight excluding hydrogens is 373 g/mol. The number of aromatic nitrogens is 1. The summed E-state index contributed by atoms with van der Waals surface area (Å²) in [4.78, 5) is 25.1. The average molecular weight is 387 g/mol. The first-order chi connectivity index (χ1) is 13.0. The van der Waals surface area contributed by atoms with Gasteiger partial charge < -0.3 is 14.2 Å². The number of thiazole rings is 1. The zero-order valence-electron chi connectivity index (χ0n) is 14.2. The normalized spacial score (nSPS) is 12.2. The summed E-state index contributed by atoms with van der Waals surface area (Å²) in [6.45, 7) is 1.64. The van der Waals surface area contributed by atoms with Crippen LogP contribution < -0.4 is 19.1 Å². The van der Waals surface area contributed by atoms with E-state index < -0.39 is 5.97 Å². The molecular formula is C19H14FNO5S. The van der Waals surface area contributed by atoms with Crippen molar-refractivity contribution in [2.75, 3.05) is 6.79 Å². The van der Waals surface area contributed by atoms with E-state index in [0.29, 0.717) is 28.5 Å². The summed E-state index contributed by atoms with van der Waals surface area (Å²) in [6.07, 6.45) is 0. The molecule has 0 N–H and O–H groups in total. The van der Waals surface area contributed by atoms with E-state index in [1.807, 2.05) is 0 Å². The molecule has 0 bridgehead atoms. The highest BCUT2D eigenvalue weighted by Gasteiger charge is 2.19. The van der Waals surface area contributed by atoms with E-state index in [2.05, 4.69) is 0 Å². The lowest BCUT2D eigenvalue weighted by Gasteiger charge is -2.09. The number of benzene rings is 2. The Morgan fingerprint density at radius 3 is 2.70 bits per heavy atom. The summed E-state index contributed by atoms with van der Waals surface area (Å²) in [5.41, 5.74) is 1.23. The summed E-state index contributed by atoms with van der Waals surface area (Å²) in [5.74, 6) is 0.404. The molecule has 0 spiro atoms. The number of ether oxygens (including phenoxy) is 3. The molecule has 0 atom stereocenters. The molecule has 1 aromatic heterocycles. The van der Waals surface area contributed by atoms with E-state index in [-0.39, 0.29) is 24.0 Å². The zero-order chi connectivity index (χ0) is 19.0. The van der Waals surface area contributed by atoms with Gasteiger partial charge in [0.1, 0.15) is 18.1 Å². The van der Waals surface area contributed by atoms with Crippen LogP contribution in [0.25, 0.3) is 11.3 Å². The quantitative estimate of drug-likeness (QED) is 0.507. The van der Waals surface area contributed by atoms with Gasteiger partial charge in [0.2, 0.25) is 6.79 Å². The van der Waals surface area contributed by atoms with Crippen LogP contribution in [0.4, 0.5) is 4.39 Å². The van der Waals surface area contributed by atoms with Crippen molar-refractivity contribution >= 4 is 17.3 Å². The van der Waals surface area contributed by atoms with E-state index in [4.69, 9.17) is 14.2 Å². The van der Waals surface area contributed by atoms with E-state index in [1.54, 1.807) is 37.3 Å². The molecule has 1 aliphatic rings. The minimum absolute atomic E-state index is 0.122. The van der Waals surface area contributed by atoms with Gasteiger partial charge >= 0.3 is 10.8 Å². The topological polar surface area (TPSA) is 66.8 Å². The monoisotopic (exact) mass is 387 g/mol. The first-order valence-electron chi connectivity index (χ1n) is 8.08. The van der Waals surface area contributed by atoms with Crippen molar-refractivity contribution in [3.63, 3.8) is 0 Å². The molecule has 0 amide bonds. The smallest absolute Gasteiger partial charge is 0.331 e. The minimum Gasteiger partial charge on any atom is -0.454 e.